The Kier molecular flexibility index (Phi) is 5.30. The van der Waals surface area contributed by atoms with Crippen LogP contribution in [-0.4, -0.2) is 28.3 Å². The van der Waals surface area contributed by atoms with Crippen molar-refractivity contribution in [2.75, 3.05) is 6.61 Å². The molecule has 1 aliphatic heterocycles. The number of aromatic nitrogens is 2. The molecule has 0 spiro atoms. The van der Waals surface area contributed by atoms with Crippen LogP contribution in [0, 0.1) is 0 Å². The van der Waals surface area contributed by atoms with Gasteiger partial charge in [-0.1, -0.05) is 37.3 Å². The van der Waals surface area contributed by atoms with Crippen molar-refractivity contribution in [2.24, 2.45) is 7.05 Å². The van der Waals surface area contributed by atoms with Crippen LogP contribution in [0.4, 0.5) is 0 Å². The number of rotatable bonds is 5. The molecular weight excluding hydrogens is 302 g/mol. The molecule has 0 unspecified atom stereocenters. The minimum Gasteiger partial charge on any atom is -0.371 e. The van der Waals surface area contributed by atoms with Gasteiger partial charge < -0.3 is 10.1 Å². The molecule has 0 radical (unpaired) electrons. The molecule has 1 aliphatic rings. The number of ether oxygens (including phenoxy) is 1. The molecule has 3 rings (SSSR count). The summed E-state index contributed by atoms with van der Waals surface area (Å²) in [5.74, 6) is 0.281. The predicted octanol–water partition coefficient (Wildman–Crippen LogP) is 2.95. The highest BCUT2D eigenvalue weighted by atomic mass is 16.5. The summed E-state index contributed by atoms with van der Waals surface area (Å²) in [5, 5.41) is 7.39. The van der Waals surface area contributed by atoms with Gasteiger partial charge in [-0.05, 0) is 24.3 Å². The van der Waals surface area contributed by atoms with Crippen molar-refractivity contribution >= 4 is 5.91 Å². The van der Waals surface area contributed by atoms with E-state index in [1.807, 2.05) is 37.6 Å². The minimum atomic E-state index is -0.108. The molecule has 3 atom stereocenters. The van der Waals surface area contributed by atoms with E-state index >= 15 is 0 Å². The number of hydrogen-bond acceptors (Lipinski definition) is 3. The van der Waals surface area contributed by atoms with E-state index in [1.54, 1.807) is 4.68 Å². The van der Waals surface area contributed by atoms with Crippen LogP contribution in [-0.2, 0) is 16.6 Å². The molecule has 1 aromatic heterocycles. The lowest BCUT2D eigenvalue weighted by molar-refractivity contribution is -0.124. The van der Waals surface area contributed by atoms with Gasteiger partial charge in [-0.2, -0.15) is 5.10 Å². The molecule has 0 bridgehead atoms. The highest BCUT2D eigenvalue weighted by Crippen LogP contribution is 2.28. The fourth-order valence-electron chi connectivity index (χ4n) is 3.29. The van der Waals surface area contributed by atoms with Crippen LogP contribution in [0.5, 0.6) is 0 Å². The summed E-state index contributed by atoms with van der Waals surface area (Å²) < 4.78 is 7.68. The van der Waals surface area contributed by atoms with E-state index in [1.165, 1.54) is 5.56 Å². The SMILES string of the molecule is C[C@@H](CC(=O)N[C@H]1CCCO[C@@H]1c1cnn(C)c1)c1ccccc1. The molecule has 1 fully saturated rings. The third kappa shape index (κ3) is 4.03. The molecule has 1 amide bonds. The van der Waals surface area contributed by atoms with E-state index in [0.717, 1.165) is 25.0 Å². The number of carbonyl (C=O) groups excluding carboxylic acids is 1. The Bertz CT molecular complexity index is 668. The molecular formula is C19H25N3O2. The van der Waals surface area contributed by atoms with Gasteiger partial charge in [-0.3, -0.25) is 9.48 Å². The smallest absolute Gasteiger partial charge is 0.220 e. The maximum absolute atomic E-state index is 12.5. The van der Waals surface area contributed by atoms with Crippen LogP contribution < -0.4 is 5.32 Å². The summed E-state index contributed by atoms with van der Waals surface area (Å²) in [4.78, 5) is 12.5. The van der Waals surface area contributed by atoms with Gasteiger partial charge in [0.2, 0.25) is 5.91 Å². The molecule has 0 saturated carbocycles. The maximum atomic E-state index is 12.5. The van der Waals surface area contributed by atoms with Crippen LogP contribution in [0.25, 0.3) is 0 Å². The van der Waals surface area contributed by atoms with E-state index in [4.69, 9.17) is 4.74 Å². The van der Waals surface area contributed by atoms with Crippen molar-refractivity contribution in [3.05, 3.63) is 53.9 Å². The van der Waals surface area contributed by atoms with Crippen molar-refractivity contribution in [1.29, 1.82) is 0 Å². The predicted molar refractivity (Wildman–Crippen MR) is 92.5 cm³/mol. The lowest BCUT2D eigenvalue weighted by Crippen LogP contribution is -2.43. The first-order valence-corrected chi connectivity index (χ1v) is 8.58. The number of nitrogens with zero attached hydrogens (tertiary/aromatic N) is 2. The second-order valence-electron chi connectivity index (χ2n) is 6.57. The maximum Gasteiger partial charge on any atom is 0.220 e. The zero-order valence-electron chi connectivity index (χ0n) is 14.3. The summed E-state index contributed by atoms with van der Waals surface area (Å²) >= 11 is 0. The summed E-state index contributed by atoms with van der Waals surface area (Å²) in [6.07, 6.45) is 6.06. The fourth-order valence-corrected chi connectivity index (χ4v) is 3.29. The monoisotopic (exact) mass is 327 g/mol. The number of carbonyl (C=O) groups is 1. The summed E-state index contributed by atoms with van der Waals surface area (Å²) in [7, 11) is 1.89. The highest BCUT2D eigenvalue weighted by Gasteiger charge is 2.30. The van der Waals surface area contributed by atoms with Crippen molar-refractivity contribution in [3.63, 3.8) is 0 Å². The van der Waals surface area contributed by atoms with Crippen LogP contribution in [0.1, 0.15) is 49.3 Å². The second kappa shape index (κ2) is 7.62. The van der Waals surface area contributed by atoms with Crippen LogP contribution in [0.3, 0.4) is 0 Å². The van der Waals surface area contributed by atoms with Crippen molar-refractivity contribution in [3.8, 4) is 0 Å². The Balaban J connectivity index is 1.61. The Labute approximate surface area is 143 Å². The zero-order chi connectivity index (χ0) is 16.9. The van der Waals surface area contributed by atoms with Gasteiger partial charge in [0.05, 0.1) is 12.2 Å². The quantitative estimate of drug-likeness (QED) is 0.918. The van der Waals surface area contributed by atoms with Crippen LogP contribution >= 0.6 is 0 Å². The number of benzene rings is 1. The number of hydrogen-bond donors (Lipinski definition) is 1. The summed E-state index contributed by atoms with van der Waals surface area (Å²) in [6.45, 7) is 2.82. The van der Waals surface area contributed by atoms with Crippen LogP contribution in [0.2, 0.25) is 0 Å². The largest absolute Gasteiger partial charge is 0.371 e. The van der Waals surface area contributed by atoms with E-state index in [-0.39, 0.29) is 24.0 Å². The molecule has 128 valence electrons. The van der Waals surface area contributed by atoms with E-state index in [2.05, 4.69) is 29.5 Å². The molecule has 5 heteroatoms. The van der Waals surface area contributed by atoms with Gasteiger partial charge in [-0.25, -0.2) is 0 Å². The first kappa shape index (κ1) is 16.7. The molecule has 1 saturated heterocycles. The van der Waals surface area contributed by atoms with Crippen molar-refractivity contribution < 1.29 is 9.53 Å². The van der Waals surface area contributed by atoms with E-state index < -0.39 is 0 Å². The average molecular weight is 327 g/mol. The van der Waals surface area contributed by atoms with Gasteiger partial charge in [0.15, 0.2) is 0 Å². The normalized spacial score (nSPS) is 22.1. The Hall–Kier alpha value is -2.14. The average Bonchev–Trinajstić information content (AvgIpc) is 3.02. The molecule has 0 aliphatic carbocycles. The second-order valence-corrected chi connectivity index (χ2v) is 6.57. The first-order chi connectivity index (χ1) is 11.6. The van der Waals surface area contributed by atoms with Gasteiger partial charge >= 0.3 is 0 Å². The van der Waals surface area contributed by atoms with Gasteiger partial charge in [0.25, 0.3) is 0 Å². The Morgan fingerprint density at radius 2 is 2.21 bits per heavy atom. The van der Waals surface area contributed by atoms with Crippen molar-refractivity contribution in [1.82, 2.24) is 15.1 Å². The molecule has 5 nitrogen and oxygen atoms in total. The third-order valence-electron chi connectivity index (χ3n) is 4.58. The fraction of sp³-hybridized carbons (Fsp3) is 0.474. The molecule has 2 aromatic rings. The minimum absolute atomic E-state index is 0.0124. The van der Waals surface area contributed by atoms with Gasteiger partial charge in [0, 0.05) is 31.8 Å². The molecule has 24 heavy (non-hydrogen) atoms. The number of nitrogens with one attached hydrogen (secondary N) is 1. The Morgan fingerprint density at radius 1 is 1.42 bits per heavy atom. The highest BCUT2D eigenvalue weighted by molar-refractivity contribution is 5.77. The third-order valence-corrected chi connectivity index (χ3v) is 4.58. The summed E-state index contributed by atoms with van der Waals surface area (Å²) in [6, 6.07) is 10.2. The van der Waals surface area contributed by atoms with Gasteiger partial charge in [0.1, 0.15) is 6.10 Å². The topological polar surface area (TPSA) is 56.1 Å². The molecule has 1 aromatic carbocycles. The molecule has 2 heterocycles. The van der Waals surface area contributed by atoms with Crippen molar-refractivity contribution in [2.45, 2.75) is 44.2 Å². The van der Waals surface area contributed by atoms with E-state index in [9.17, 15) is 4.79 Å². The lowest BCUT2D eigenvalue weighted by atomic mass is 9.95. The molecule has 1 N–H and O–H groups in total. The van der Waals surface area contributed by atoms with Gasteiger partial charge in [-0.15, -0.1) is 0 Å². The summed E-state index contributed by atoms with van der Waals surface area (Å²) in [5.41, 5.74) is 2.22. The zero-order valence-corrected chi connectivity index (χ0v) is 14.3. The number of amides is 1. The lowest BCUT2D eigenvalue weighted by Gasteiger charge is -2.32. The first-order valence-electron chi connectivity index (χ1n) is 8.58. The van der Waals surface area contributed by atoms with E-state index in [0.29, 0.717) is 6.42 Å². The standard InChI is InChI=1S/C19H25N3O2/c1-14(15-7-4-3-5-8-15)11-18(23)21-17-9-6-10-24-19(17)16-12-20-22(2)13-16/h3-5,7-8,12-14,17,19H,6,9-11H2,1-2H3,(H,21,23)/t14-,17-,19+/m0/s1. The number of aryl methyl sites for hydroxylation is 1. The van der Waals surface area contributed by atoms with Crippen LogP contribution in [0.15, 0.2) is 42.7 Å². The Morgan fingerprint density at radius 3 is 2.92 bits per heavy atom.